The number of amides is 3. The minimum atomic E-state index is -0.914. The summed E-state index contributed by atoms with van der Waals surface area (Å²) in [5.74, 6) is -1.12. The highest BCUT2D eigenvalue weighted by Gasteiger charge is 2.45. The molecule has 0 saturated heterocycles. The summed E-state index contributed by atoms with van der Waals surface area (Å²) in [6, 6.07) is 11.8. The van der Waals surface area contributed by atoms with E-state index >= 15 is 0 Å². The molecule has 5 nitrogen and oxygen atoms in total. The van der Waals surface area contributed by atoms with Gasteiger partial charge in [0.1, 0.15) is 6.04 Å². The van der Waals surface area contributed by atoms with Crippen molar-refractivity contribution in [2.45, 2.75) is 46.2 Å². The van der Waals surface area contributed by atoms with Crippen LogP contribution in [0.3, 0.4) is 0 Å². The third-order valence-electron chi connectivity index (χ3n) is 5.75. The molecule has 5 heteroatoms. The molecule has 2 aliphatic heterocycles. The van der Waals surface area contributed by atoms with Crippen LogP contribution < -0.4 is 4.90 Å². The molecule has 0 aromatic heterocycles. The van der Waals surface area contributed by atoms with Crippen LogP contribution in [-0.4, -0.2) is 34.2 Å². The Morgan fingerprint density at radius 2 is 1.52 bits per heavy atom. The lowest BCUT2D eigenvalue weighted by Gasteiger charge is -2.43. The van der Waals surface area contributed by atoms with E-state index < -0.39 is 23.4 Å². The molecule has 0 spiro atoms. The molecule has 0 radical (unpaired) electrons. The molecule has 2 heterocycles. The summed E-state index contributed by atoms with van der Waals surface area (Å²) in [4.78, 5) is 42.2. The monoisotopic (exact) mass is 388 g/mol. The van der Waals surface area contributed by atoms with Gasteiger partial charge in [-0.05, 0) is 64.5 Å². The van der Waals surface area contributed by atoms with E-state index in [0.717, 1.165) is 27.3 Å². The first kappa shape index (κ1) is 19.1. The average molecular weight is 388 g/mol. The number of hydrogen-bond acceptors (Lipinski definition) is 3. The summed E-state index contributed by atoms with van der Waals surface area (Å²) >= 11 is 0. The Morgan fingerprint density at radius 3 is 2.10 bits per heavy atom. The molecule has 2 aromatic carbocycles. The zero-order valence-corrected chi connectivity index (χ0v) is 17.3. The van der Waals surface area contributed by atoms with Gasteiger partial charge in [-0.3, -0.25) is 19.3 Å². The maximum atomic E-state index is 13.6. The molecule has 0 N–H and O–H groups in total. The average Bonchev–Trinajstić information content (AvgIpc) is 2.92. The first-order chi connectivity index (χ1) is 13.6. The largest absolute Gasteiger partial charge is 0.301 e. The minimum absolute atomic E-state index is 0.279. The lowest BCUT2D eigenvalue weighted by molar-refractivity contribution is -0.122. The van der Waals surface area contributed by atoms with Crippen LogP contribution in [0.25, 0.3) is 5.57 Å². The van der Waals surface area contributed by atoms with Crippen molar-refractivity contribution < 1.29 is 14.4 Å². The SMILES string of the molecule is CC1=CC(C)(C)N(C(=O)[C@@H](C)N2C(=O)c3ccccc3C2=O)c2ccc(C)cc21. The van der Waals surface area contributed by atoms with Gasteiger partial charge in [0.15, 0.2) is 0 Å². The summed E-state index contributed by atoms with van der Waals surface area (Å²) in [6.45, 7) is 9.61. The standard InChI is InChI=1S/C24H24N2O3/c1-14-10-11-20-19(12-14)15(2)13-24(4,5)26(20)21(27)16(3)25-22(28)17-8-6-7-9-18(17)23(25)29/h6-13,16H,1-5H3/t16-/m1/s1. The molecule has 2 aliphatic rings. The number of nitrogens with zero attached hydrogens (tertiary/aromatic N) is 2. The number of imide groups is 1. The number of carbonyl (C=O) groups excluding carboxylic acids is 3. The Balaban J connectivity index is 1.75. The molecule has 3 amide bonds. The summed E-state index contributed by atoms with van der Waals surface area (Å²) in [7, 11) is 0. The fraction of sp³-hybridized carbons (Fsp3) is 0.292. The van der Waals surface area contributed by atoms with Crippen LogP contribution in [-0.2, 0) is 4.79 Å². The van der Waals surface area contributed by atoms with Gasteiger partial charge in [0, 0.05) is 5.56 Å². The van der Waals surface area contributed by atoms with Crippen LogP contribution in [0.15, 0.2) is 48.5 Å². The number of allylic oxidation sites excluding steroid dienone is 1. The van der Waals surface area contributed by atoms with E-state index in [4.69, 9.17) is 0 Å². The van der Waals surface area contributed by atoms with Crippen molar-refractivity contribution in [3.8, 4) is 0 Å². The van der Waals surface area contributed by atoms with Gasteiger partial charge >= 0.3 is 0 Å². The number of fused-ring (bicyclic) bond motifs is 2. The van der Waals surface area contributed by atoms with Crippen LogP contribution in [0.4, 0.5) is 5.69 Å². The smallest absolute Gasteiger partial charge is 0.262 e. The van der Waals surface area contributed by atoms with Crippen molar-refractivity contribution in [3.63, 3.8) is 0 Å². The van der Waals surface area contributed by atoms with Crippen LogP contribution in [0.5, 0.6) is 0 Å². The van der Waals surface area contributed by atoms with Crippen LogP contribution in [0.1, 0.15) is 59.5 Å². The summed E-state index contributed by atoms with van der Waals surface area (Å²) in [5, 5.41) is 0. The molecular weight excluding hydrogens is 364 g/mol. The van der Waals surface area contributed by atoms with Crippen LogP contribution in [0, 0.1) is 6.92 Å². The van der Waals surface area contributed by atoms with Crippen molar-refractivity contribution in [2.75, 3.05) is 4.90 Å². The zero-order chi connectivity index (χ0) is 21.1. The molecule has 0 unspecified atom stereocenters. The number of aryl methyl sites for hydroxylation is 1. The van der Waals surface area contributed by atoms with Gasteiger partial charge in [-0.2, -0.15) is 0 Å². The normalized spacial score (nSPS) is 18.3. The predicted octanol–water partition coefficient (Wildman–Crippen LogP) is 4.21. The number of carbonyl (C=O) groups is 3. The van der Waals surface area contributed by atoms with E-state index in [-0.39, 0.29) is 5.91 Å². The van der Waals surface area contributed by atoms with E-state index in [0.29, 0.717) is 11.1 Å². The van der Waals surface area contributed by atoms with Gasteiger partial charge in [0.05, 0.1) is 22.4 Å². The minimum Gasteiger partial charge on any atom is -0.301 e. The van der Waals surface area contributed by atoms with Crippen molar-refractivity contribution in [1.82, 2.24) is 4.90 Å². The topological polar surface area (TPSA) is 57.7 Å². The molecule has 0 bridgehead atoms. The molecular formula is C24H24N2O3. The molecule has 0 fully saturated rings. The van der Waals surface area contributed by atoms with Gasteiger partial charge in [-0.1, -0.05) is 29.8 Å². The van der Waals surface area contributed by atoms with Crippen LogP contribution >= 0.6 is 0 Å². The number of hydrogen-bond donors (Lipinski definition) is 0. The highest BCUT2D eigenvalue weighted by atomic mass is 16.2. The Hall–Kier alpha value is -3.21. The van der Waals surface area contributed by atoms with Crippen LogP contribution in [0.2, 0.25) is 0 Å². The van der Waals surface area contributed by atoms with Gasteiger partial charge in [-0.25, -0.2) is 0 Å². The highest BCUT2D eigenvalue weighted by Crippen LogP contribution is 2.40. The van der Waals surface area contributed by atoms with E-state index in [1.807, 2.05) is 39.8 Å². The first-order valence-electron chi connectivity index (χ1n) is 9.75. The van der Waals surface area contributed by atoms with Crippen molar-refractivity contribution in [3.05, 3.63) is 70.8 Å². The maximum Gasteiger partial charge on any atom is 0.262 e. The summed E-state index contributed by atoms with van der Waals surface area (Å²) in [5.41, 5.74) is 4.11. The quantitative estimate of drug-likeness (QED) is 0.724. The number of benzene rings is 2. The molecule has 0 saturated carbocycles. The second kappa shape index (κ2) is 6.41. The Kier molecular flexibility index (Phi) is 4.23. The lowest BCUT2D eigenvalue weighted by Crippen LogP contribution is -2.56. The van der Waals surface area contributed by atoms with E-state index in [1.54, 1.807) is 36.1 Å². The van der Waals surface area contributed by atoms with Crippen molar-refractivity contribution >= 4 is 29.0 Å². The third-order valence-corrected chi connectivity index (χ3v) is 5.75. The lowest BCUT2D eigenvalue weighted by atomic mass is 9.87. The predicted molar refractivity (Wildman–Crippen MR) is 113 cm³/mol. The van der Waals surface area contributed by atoms with Gasteiger partial charge in [-0.15, -0.1) is 0 Å². The molecule has 29 heavy (non-hydrogen) atoms. The molecule has 1 atom stereocenters. The van der Waals surface area contributed by atoms with Crippen molar-refractivity contribution in [2.24, 2.45) is 0 Å². The Morgan fingerprint density at radius 1 is 0.931 bits per heavy atom. The van der Waals surface area contributed by atoms with E-state index in [2.05, 4.69) is 12.1 Å². The Bertz CT molecular complexity index is 1060. The number of rotatable bonds is 2. The molecule has 0 aliphatic carbocycles. The maximum absolute atomic E-state index is 13.6. The van der Waals surface area contributed by atoms with Crippen molar-refractivity contribution in [1.29, 1.82) is 0 Å². The zero-order valence-electron chi connectivity index (χ0n) is 17.3. The first-order valence-corrected chi connectivity index (χ1v) is 9.75. The number of anilines is 1. The van der Waals surface area contributed by atoms with Gasteiger partial charge in [0.25, 0.3) is 17.7 Å². The molecule has 2 aromatic rings. The fourth-order valence-electron chi connectivity index (χ4n) is 4.40. The van der Waals surface area contributed by atoms with E-state index in [9.17, 15) is 14.4 Å². The second-order valence-corrected chi connectivity index (χ2v) is 8.38. The fourth-order valence-corrected chi connectivity index (χ4v) is 4.40. The van der Waals surface area contributed by atoms with Gasteiger partial charge < -0.3 is 4.90 Å². The molecule has 4 rings (SSSR count). The second-order valence-electron chi connectivity index (χ2n) is 8.38. The summed E-state index contributed by atoms with van der Waals surface area (Å²) < 4.78 is 0. The van der Waals surface area contributed by atoms with E-state index in [1.165, 1.54) is 0 Å². The summed E-state index contributed by atoms with van der Waals surface area (Å²) in [6.07, 6.45) is 2.06. The van der Waals surface area contributed by atoms with Gasteiger partial charge in [0.2, 0.25) is 0 Å². The Labute approximate surface area is 170 Å². The molecule has 148 valence electrons. The third kappa shape index (κ3) is 2.80. The highest BCUT2D eigenvalue weighted by molar-refractivity contribution is 6.23.